The van der Waals surface area contributed by atoms with E-state index in [1.807, 2.05) is 19.1 Å². The smallest absolute Gasteiger partial charge is 0.342 e. The van der Waals surface area contributed by atoms with Crippen LogP contribution in [0.2, 0.25) is 0 Å². The van der Waals surface area contributed by atoms with E-state index in [4.69, 9.17) is 18.6 Å². The van der Waals surface area contributed by atoms with Crippen molar-refractivity contribution >= 4 is 23.8 Å². The largest absolute Gasteiger partial charge is 0.497 e. The van der Waals surface area contributed by atoms with E-state index < -0.39 is 5.97 Å². The Balaban J connectivity index is 1.94. The van der Waals surface area contributed by atoms with Gasteiger partial charge in [0, 0.05) is 11.6 Å². The van der Waals surface area contributed by atoms with Crippen LogP contribution in [0.1, 0.15) is 36.5 Å². The van der Waals surface area contributed by atoms with Gasteiger partial charge in [-0.3, -0.25) is 0 Å². The number of hydrogen-bond donors (Lipinski definition) is 1. The molecule has 0 amide bonds. The summed E-state index contributed by atoms with van der Waals surface area (Å²) < 4.78 is 21.7. The first-order chi connectivity index (χ1) is 15.7. The van der Waals surface area contributed by atoms with Crippen LogP contribution >= 0.6 is 11.8 Å². The normalized spacial score (nSPS) is 11.5. The summed E-state index contributed by atoms with van der Waals surface area (Å²) in [5, 5.41) is 17.9. The summed E-state index contributed by atoms with van der Waals surface area (Å²) in [5.41, 5.74) is 3.27. The third-order valence-electron chi connectivity index (χ3n) is 4.94. The Morgan fingerprint density at radius 2 is 1.70 bits per heavy atom. The monoisotopic (exact) mass is 470 g/mol. The highest BCUT2D eigenvalue weighted by atomic mass is 32.2. The van der Waals surface area contributed by atoms with Gasteiger partial charge in [0.15, 0.2) is 0 Å². The Labute approximate surface area is 196 Å². The summed E-state index contributed by atoms with van der Waals surface area (Å²) in [6.07, 6.45) is 1.60. The summed E-state index contributed by atoms with van der Waals surface area (Å²) in [6.45, 7) is 6.02. The molecule has 33 heavy (non-hydrogen) atoms. The zero-order valence-corrected chi connectivity index (χ0v) is 20.1. The molecule has 2 aromatic carbocycles. The second kappa shape index (κ2) is 10.4. The Hall–Kier alpha value is -3.46. The summed E-state index contributed by atoms with van der Waals surface area (Å²) in [5.74, 6) is 1.26. The molecule has 0 saturated heterocycles. The Morgan fingerprint density at radius 3 is 2.24 bits per heavy atom. The minimum absolute atomic E-state index is 0.0522. The van der Waals surface area contributed by atoms with Crippen molar-refractivity contribution in [2.75, 3.05) is 21.3 Å². The van der Waals surface area contributed by atoms with Crippen molar-refractivity contribution < 1.29 is 28.5 Å². The average molecular weight is 471 g/mol. The summed E-state index contributed by atoms with van der Waals surface area (Å²) in [7, 11) is 4.71. The maximum Gasteiger partial charge on any atom is 0.342 e. The van der Waals surface area contributed by atoms with Gasteiger partial charge in [-0.05, 0) is 71.6 Å². The molecule has 3 rings (SSSR count). The number of aliphatic carboxylic acids is 1. The average Bonchev–Trinajstić information content (AvgIpc) is 3.27. The number of benzene rings is 2. The van der Waals surface area contributed by atoms with E-state index in [0.29, 0.717) is 17.1 Å². The summed E-state index contributed by atoms with van der Waals surface area (Å²) >= 11 is 0.888. The quantitative estimate of drug-likeness (QED) is 0.324. The molecule has 0 spiro atoms. The molecule has 0 atom stereocenters. The second-order valence-electron chi connectivity index (χ2n) is 7.50. The van der Waals surface area contributed by atoms with Gasteiger partial charge in [0.25, 0.3) is 5.22 Å². The first kappa shape index (κ1) is 24.2. The molecule has 174 valence electrons. The van der Waals surface area contributed by atoms with Gasteiger partial charge in [0.1, 0.15) is 22.2 Å². The maximum absolute atomic E-state index is 12.0. The number of aryl methyl sites for hydroxylation is 1. The second-order valence-corrected chi connectivity index (χ2v) is 8.49. The lowest BCUT2D eigenvalue weighted by atomic mass is 9.96. The lowest BCUT2D eigenvalue weighted by Crippen LogP contribution is -2.00. The lowest BCUT2D eigenvalue weighted by Gasteiger charge is -2.15. The molecule has 1 N–H and O–H groups in total. The molecule has 0 bridgehead atoms. The van der Waals surface area contributed by atoms with Gasteiger partial charge in [-0.2, -0.15) is 0 Å². The van der Waals surface area contributed by atoms with Gasteiger partial charge in [0.05, 0.1) is 21.3 Å². The van der Waals surface area contributed by atoms with Crippen LogP contribution in [-0.2, 0) is 4.79 Å². The fraction of sp³-hybridized carbons (Fsp3) is 0.292. The highest BCUT2D eigenvalue weighted by Gasteiger charge is 2.18. The van der Waals surface area contributed by atoms with E-state index in [1.54, 1.807) is 45.6 Å². The number of thioether (sulfide) groups is 1. The van der Waals surface area contributed by atoms with Crippen LogP contribution in [0.3, 0.4) is 0 Å². The van der Waals surface area contributed by atoms with Crippen LogP contribution in [0.4, 0.5) is 0 Å². The van der Waals surface area contributed by atoms with E-state index in [9.17, 15) is 9.90 Å². The van der Waals surface area contributed by atoms with Crippen molar-refractivity contribution in [2.24, 2.45) is 0 Å². The van der Waals surface area contributed by atoms with Crippen molar-refractivity contribution in [1.29, 1.82) is 0 Å². The van der Waals surface area contributed by atoms with Gasteiger partial charge < -0.3 is 23.7 Å². The third kappa shape index (κ3) is 5.67. The van der Waals surface area contributed by atoms with Crippen LogP contribution < -0.4 is 14.2 Å². The number of hydrogen-bond acceptors (Lipinski definition) is 8. The first-order valence-corrected chi connectivity index (χ1v) is 11.0. The number of rotatable bonds is 9. The van der Waals surface area contributed by atoms with Gasteiger partial charge in [0.2, 0.25) is 5.89 Å². The zero-order chi connectivity index (χ0) is 24.1. The van der Waals surface area contributed by atoms with Crippen LogP contribution in [0, 0.1) is 6.92 Å². The molecule has 0 saturated carbocycles. The van der Waals surface area contributed by atoms with Crippen LogP contribution in [-0.4, -0.2) is 42.6 Å². The molecular formula is C24H26N2O6S. The van der Waals surface area contributed by atoms with Crippen molar-refractivity contribution in [3.05, 3.63) is 51.9 Å². The van der Waals surface area contributed by atoms with E-state index in [-0.39, 0.29) is 21.9 Å². The first-order valence-electron chi connectivity index (χ1n) is 10.1. The topological polar surface area (TPSA) is 104 Å². The Morgan fingerprint density at radius 1 is 1.03 bits per heavy atom. The van der Waals surface area contributed by atoms with Crippen molar-refractivity contribution in [1.82, 2.24) is 10.2 Å². The van der Waals surface area contributed by atoms with Gasteiger partial charge in [-0.15, -0.1) is 10.2 Å². The van der Waals surface area contributed by atoms with Crippen molar-refractivity contribution in [3.8, 4) is 28.7 Å². The molecule has 8 nitrogen and oxygen atoms in total. The third-order valence-corrected chi connectivity index (χ3v) is 5.79. The maximum atomic E-state index is 12.0. The van der Waals surface area contributed by atoms with Crippen LogP contribution in [0.25, 0.3) is 17.5 Å². The highest BCUT2D eigenvalue weighted by molar-refractivity contribution is 8.03. The van der Waals surface area contributed by atoms with Gasteiger partial charge >= 0.3 is 5.97 Å². The zero-order valence-electron chi connectivity index (χ0n) is 19.3. The molecule has 1 heterocycles. The molecule has 9 heteroatoms. The molecule has 0 fully saturated rings. The predicted molar refractivity (Wildman–Crippen MR) is 126 cm³/mol. The highest BCUT2D eigenvalue weighted by Crippen LogP contribution is 2.35. The molecule has 1 aromatic heterocycles. The number of carboxylic acids is 1. The summed E-state index contributed by atoms with van der Waals surface area (Å²) in [6, 6.07) is 9.04. The number of nitrogens with zero attached hydrogens (tertiary/aromatic N) is 2. The minimum atomic E-state index is -1.09. The molecular weight excluding hydrogens is 444 g/mol. The molecule has 3 aromatic rings. The number of carbonyl (C=O) groups is 1. The van der Waals surface area contributed by atoms with Crippen molar-refractivity contribution in [2.45, 2.75) is 31.9 Å². The molecule has 0 radical (unpaired) electrons. The summed E-state index contributed by atoms with van der Waals surface area (Å²) in [4.78, 5) is 12.0. The van der Waals surface area contributed by atoms with E-state index in [0.717, 1.165) is 34.2 Å². The lowest BCUT2D eigenvalue weighted by molar-refractivity contribution is -0.131. The SMILES string of the molecule is COc1cc(OC)cc(-c2nnc(S/C(=C\c3cc(C(C)C)c(OC)cc3C)C(=O)O)o2)c1. The number of aromatic nitrogens is 2. The molecule has 0 unspecified atom stereocenters. The Bertz CT molecular complexity index is 1160. The fourth-order valence-corrected chi connectivity index (χ4v) is 3.83. The fourth-order valence-electron chi connectivity index (χ4n) is 3.17. The molecule has 0 aliphatic rings. The predicted octanol–water partition coefficient (Wildman–Crippen LogP) is 5.41. The van der Waals surface area contributed by atoms with Gasteiger partial charge in [-0.1, -0.05) is 13.8 Å². The number of ether oxygens (including phenoxy) is 3. The molecule has 0 aliphatic heterocycles. The number of carboxylic acid groups (broad SMARTS) is 1. The van der Waals surface area contributed by atoms with Gasteiger partial charge in [-0.25, -0.2) is 4.79 Å². The van der Waals surface area contributed by atoms with Crippen LogP contribution in [0.5, 0.6) is 17.2 Å². The van der Waals surface area contributed by atoms with E-state index in [2.05, 4.69) is 24.0 Å². The van der Waals surface area contributed by atoms with Crippen molar-refractivity contribution in [3.63, 3.8) is 0 Å². The minimum Gasteiger partial charge on any atom is -0.497 e. The van der Waals surface area contributed by atoms with E-state index in [1.165, 1.54) is 0 Å². The number of methoxy groups -OCH3 is 3. The molecule has 0 aliphatic carbocycles. The standard InChI is InChI=1S/C24H26N2O6S/c1-13(2)19-10-15(14(3)7-20(19)31-6)11-21(23(27)28)33-24-26-25-22(32-24)16-8-17(29-4)12-18(9-16)30-5/h7-13H,1-6H3,(H,27,28)/b21-11-. The van der Waals surface area contributed by atoms with E-state index >= 15 is 0 Å². The Kier molecular flexibility index (Phi) is 7.65. The van der Waals surface area contributed by atoms with Crippen LogP contribution in [0.15, 0.2) is 44.9 Å².